The highest BCUT2D eigenvalue weighted by atomic mass is 16.5. The van der Waals surface area contributed by atoms with Crippen molar-refractivity contribution in [3.63, 3.8) is 0 Å². The largest absolute Gasteiger partial charge is 0.384 e. The van der Waals surface area contributed by atoms with Gasteiger partial charge in [-0.25, -0.2) is 0 Å². The van der Waals surface area contributed by atoms with Crippen LogP contribution in [0.5, 0.6) is 0 Å². The lowest BCUT2D eigenvalue weighted by atomic mass is 9.79. The van der Waals surface area contributed by atoms with Crippen LogP contribution in [0.3, 0.4) is 0 Å². The molecule has 0 aliphatic heterocycles. The lowest BCUT2D eigenvalue weighted by Crippen LogP contribution is -2.27. The zero-order valence-corrected chi connectivity index (χ0v) is 8.71. The molecule has 0 aromatic carbocycles. The fourth-order valence-electron chi connectivity index (χ4n) is 2.30. The first-order valence-electron chi connectivity index (χ1n) is 5.25. The Bertz CT molecular complexity index is 159. The maximum atomic E-state index is 11.4. The molecule has 0 radical (unpaired) electrons. The van der Waals surface area contributed by atoms with E-state index in [0.29, 0.717) is 18.3 Å². The summed E-state index contributed by atoms with van der Waals surface area (Å²) >= 11 is 0. The Morgan fingerprint density at radius 2 is 2.00 bits per heavy atom. The van der Waals surface area contributed by atoms with Crippen LogP contribution < -0.4 is 0 Å². The lowest BCUT2D eigenvalue weighted by Gasteiger charge is -2.27. The van der Waals surface area contributed by atoms with Gasteiger partial charge in [0.05, 0.1) is 6.61 Å². The third-order valence-electron chi connectivity index (χ3n) is 3.09. The van der Waals surface area contributed by atoms with Crippen molar-refractivity contribution in [2.45, 2.75) is 39.0 Å². The quantitative estimate of drug-likeness (QED) is 0.670. The highest BCUT2D eigenvalue weighted by Gasteiger charge is 2.26. The minimum atomic E-state index is 0.158. The highest BCUT2D eigenvalue weighted by Crippen LogP contribution is 2.30. The minimum absolute atomic E-state index is 0.158. The van der Waals surface area contributed by atoms with E-state index in [4.69, 9.17) is 4.74 Å². The summed E-state index contributed by atoms with van der Waals surface area (Å²) in [5.41, 5.74) is 0. The Morgan fingerprint density at radius 3 is 2.46 bits per heavy atom. The second-order valence-corrected chi connectivity index (χ2v) is 4.07. The summed E-state index contributed by atoms with van der Waals surface area (Å²) in [6.45, 7) is 2.30. The molecule has 0 aromatic rings. The first-order chi connectivity index (χ1) is 6.25. The maximum Gasteiger partial charge on any atom is 0.135 e. The van der Waals surface area contributed by atoms with Gasteiger partial charge >= 0.3 is 0 Å². The van der Waals surface area contributed by atoms with Crippen LogP contribution in [0.4, 0.5) is 0 Å². The Labute approximate surface area is 80.7 Å². The molecular formula is C11H20O2. The summed E-state index contributed by atoms with van der Waals surface area (Å²) in [7, 11) is 1.68. The molecule has 0 heterocycles. The van der Waals surface area contributed by atoms with Crippen LogP contribution >= 0.6 is 0 Å². The number of methoxy groups -OCH3 is 1. The first kappa shape index (κ1) is 10.7. The molecule has 1 atom stereocenters. The number of Topliss-reactive ketones (excluding diaryl/α,β-unsaturated/α-hetero) is 1. The molecule has 0 amide bonds. The SMILES string of the molecule is COCC(C(C)=O)C1CCCCC1. The Morgan fingerprint density at radius 1 is 1.38 bits per heavy atom. The molecule has 76 valence electrons. The zero-order valence-electron chi connectivity index (χ0n) is 8.71. The highest BCUT2D eigenvalue weighted by molar-refractivity contribution is 5.78. The third kappa shape index (κ3) is 3.11. The molecule has 1 aliphatic rings. The Balaban J connectivity index is 2.46. The normalized spacial score (nSPS) is 21.4. The first-order valence-corrected chi connectivity index (χ1v) is 5.25. The molecule has 1 rings (SSSR count). The zero-order chi connectivity index (χ0) is 9.68. The fourth-order valence-corrected chi connectivity index (χ4v) is 2.30. The molecule has 1 aliphatic carbocycles. The van der Waals surface area contributed by atoms with Crippen molar-refractivity contribution in [2.75, 3.05) is 13.7 Å². The number of carbonyl (C=O) groups excluding carboxylic acids is 1. The number of ketones is 1. The van der Waals surface area contributed by atoms with Gasteiger partial charge in [-0.3, -0.25) is 4.79 Å². The number of carbonyl (C=O) groups is 1. The van der Waals surface area contributed by atoms with Crippen molar-refractivity contribution in [1.82, 2.24) is 0 Å². The van der Waals surface area contributed by atoms with Crippen LogP contribution in [0.15, 0.2) is 0 Å². The molecule has 1 fully saturated rings. The fraction of sp³-hybridized carbons (Fsp3) is 0.909. The monoisotopic (exact) mass is 184 g/mol. The van der Waals surface area contributed by atoms with Crippen molar-refractivity contribution in [3.8, 4) is 0 Å². The van der Waals surface area contributed by atoms with Gasteiger partial charge in [-0.1, -0.05) is 19.3 Å². The van der Waals surface area contributed by atoms with Gasteiger partial charge in [0.1, 0.15) is 5.78 Å². The van der Waals surface area contributed by atoms with Gasteiger partial charge in [0.15, 0.2) is 0 Å². The van der Waals surface area contributed by atoms with E-state index in [1.165, 1.54) is 32.1 Å². The van der Waals surface area contributed by atoms with E-state index in [1.54, 1.807) is 14.0 Å². The van der Waals surface area contributed by atoms with Gasteiger partial charge in [-0.2, -0.15) is 0 Å². The van der Waals surface area contributed by atoms with E-state index in [1.807, 2.05) is 0 Å². The van der Waals surface area contributed by atoms with Gasteiger partial charge in [0.25, 0.3) is 0 Å². The molecule has 0 spiro atoms. The summed E-state index contributed by atoms with van der Waals surface area (Å²) < 4.78 is 5.10. The van der Waals surface area contributed by atoms with Gasteiger partial charge in [0.2, 0.25) is 0 Å². The van der Waals surface area contributed by atoms with E-state index in [0.717, 1.165) is 0 Å². The van der Waals surface area contributed by atoms with E-state index in [-0.39, 0.29) is 5.92 Å². The minimum Gasteiger partial charge on any atom is -0.384 e. The Kier molecular flexibility index (Phi) is 4.43. The molecule has 0 N–H and O–H groups in total. The van der Waals surface area contributed by atoms with Crippen molar-refractivity contribution in [1.29, 1.82) is 0 Å². The molecule has 1 unspecified atom stereocenters. The molecular weight excluding hydrogens is 164 g/mol. The third-order valence-corrected chi connectivity index (χ3v) is 3.09. The number of hydrogen-bond donors (Lipinski definition) is 0. The summed E-state index contributed by atoms with van der Waals surface area (Å²) in [5, 5.41) is 0. The summed E-state index contributed by atoms with van der Waals surface area (Å²) in [6.07, 6.45) is 6.35. The van der Waals surface area contributed by atoms with Gasteiger partial charge in [0, 0.05) is 13.0 Å². The van der Waals surface area contributed by atoms with E-state index in [2.05, 4.69) is 0 Å². The number of hydrogen-bond acceptors (Lipinski definition) is 2. The van der Waals surface area contributed by atoms with Crippen molar-refractivity contribution in [3.05, 3.63) is 0 Å². The van der Waals surface area contributed by atoms with Crippen molar-refractivity contribution >= 4 is 5.78 Å². The summed E-state index contributed by atoms with van der Waals surface area (Å²) in [5.74, 6) is 1.05. The van der Waals surface area contributed by atoms with Gasteiger partial charge in [-0.15, -0.1) is 0 Å². The van der Waals surface area contributed by atoms with Gasteiger partial charge < -0.3 is 4.74 Å². The molecule has 0 bridgehead atoms. The molecule has 13 heavy (non-hydrogen) atoms. The van der Waals surface area contributed by atoms with Crippen LogP contribution in [0.1, 0.15) is 39.0 Å². The lowest BCUT2D eigenvalue weighted by molar-refractivity contribution is -0.124. The number of rotatable bonds is 4. The topological polar surface area (TPSA) is 26.3 Å². The Hall–Kier alpha value is -0.370. The van der Waals surface area contributed by atoms with Crippen molar-refractivity contribution in [2.24, 2.45) is 11.8 Å². The van der Waals surface area contributed by atoms with E-state index in [9.17, 15) is 4.79 Å². The molecule has 0 saturated heterocycles. The predicted molar refractivity (Wildman–Crippen MR) is 52.6 cm³/mol. The second-order valence-electron chi connectivity index (χ2n) is 4.07. The van der Waals surface area contributed by atoms with Crippen LogP contribution in [0.25, 0.3) is 0 Å². The van der Waals surface area contributed by atoms with Crippen molar-refractivity contribution < 1.29 is 9.53 Å². The molecule has 1 saturated carbocycles. The average Bonchev–Trinajstić information content (AvgIpc) is 2.15. The molecule has 2 heteroatoms. The predicted octanol–water partition coefficient (Wildman–Crippen LogP) is 2.42. The van der Waals surface area contributed by atoms with Crippen LogP contribution in [0.2, 0.25) is 0 Å². The average molecular weight is 184 g/mol. The smallest absolute Gasteiger partial charge is 0.135 e. The second kappa shape index (κ2) is 5.38. The standard InChI is InChI=1S/C11H20O2/c1-9(12)11(8-13-2)10-6-4-3-5-7-10/h10-11H,3-8H2,1-2H3. The van der Waals surface area contributed by atoms with Gasteiger partial charge in [-0.05, 0) is 25.7 Å². The van der Waals surface area contributed by atoms with Crippen LogP contribution in [0, 0.1) is 11.8 Å². The molecule has 0 aromatic heterocycles. The van der Waals surface area contributed by atoms with E-state index >= 15 is 0 Å². The summed E-state index contributed by atoms with van der Waals surface area (Å²) in [4.78, 5) is 11.4. The summed E-state index contributed by atoms with van der Waals surface area (Å²) in [6, 6.07) is 0. The molecule has 2 nitrogen and oxygen atoms in total. The maximum absolute atomic E-state index is 11.4. The number of ether oxygens (including phenoxy) is 1. The van der Waals surface area contributed by atoms with E-state index < -0.39 is 0 Å². The van der Waals surface area contributed by atoms with Crippen LogP contribution in [-0.4, -0.2) is 19.5 Å². The van der Waals surface area contributed by atoms with Crippen LogP contribution in [-0.2, 0) is 9.53 Å².